The number of aromatic nitrogens is 1. The Balaban J connectivity index is 2.42. The monoisotopic (exact) mass is 273 g/mol. The first-order valence-corrected chi connectivity index (χ1v) is 9.73. The molecule has 1 aromatic heterocycles. The lowest BCUT2D eigenvalue weighted by molar-refractivity contribution is 0.276. The second kappa shape index (κ2) is 5.61. The fourth-order valence-corrected chi connectivity index (χ4v) is 2.96. The number of thiazole rings is 1. The van der Waals surface area contributed by atoms with Gasteiger partial charge in [0, 0.05) is 18.4 Å². The van der Waals surface area contributed by atoms with Gasteiger partial charge in [-0.25, -0.2) is 4.98 Å². The quantitative estimate of drug-likeness (QED) is 0.838. The van der Waals surface area contributed by atoms with Gasteiger partial charge in [-0.3, -0.25) is 0 Å². The zero-order valence-electron chi connectivity index (χ0n) is 11.4. The van der Waals surface area contributed by atoms with Crippen molar-refractivity contribution in [2.75, 3.05) is 6.61 Å². The molecule has 17 heavy (non-hydrogen) atoms. The van der Waals surface area contributed by atoms with Crippen LogP contribution in [-0.2, 0) is 17.5 Å². The smallest absolute Gasteiger partial charge is 0.191 e. The van der Waals surface area contributed by atoms with Crippen molar-refractivity contribution in [2.45, 2.75) is 51.9 Å². The van der Waals surface area contributed by atoms with Crippen molar-refractivity contribution in [2.24, 2.45) is 0 Å². The zero-order chi connectivity index (χ0) is 13.1. The number of aliphatic hydroxyl groups is 1. The van der Waals surface area contributed by atoms with Crippen LogP contribution in [0.4, 0.5) is 0 Å². The third-order valence-electron chi connectivity index (χ3n) is 3.35. The molecule has 0 aliphatic carbocycles. The average Bonchev–Trinajstić information content (AvgIpc) is 2.63. The largest absolute Gasteiger partial charge is 0.416 e. The van der Waals surface area contributed by atoms with Gasteiger partial charge in [-0.05, 0) is 18.1 Å². The van der Waals surface area contributed by atoms with Crippen molar-refractivity contribution >= 4 is 19.7 Å². The molecular weight excluding hydrogens is 250 g/mol. The Morgan fingerprint density at radius 2 is 2.06 bits per heavy atom. The van der Waals surface area contributed by atoms with E-state index in [0.29, 0.717) is 0 Å². The number of hydrogen-bond donors (Lipinski definition) is 1. The minimum Gasteiger partial charge on any atom is -0.416 e. The summed E-state index contributed by atoms with van der Waals surface area (Å²) in [4.78, 5) is 4.31. The molecule has 0 aliphatic heterocycles. The maximum absolute atomic E-state index is 8.93. The summed E-state index contributed by atoms with van der Waals surface area (Å²) in [6.45, 7) is 12.0. The lowest BCUT2D eigenvalue weighted by Crippen LogP contribution is -2.41. The van der Waals surface area contributed by atoms with E-state index in [1.165, 1.54) is 0 Å². The van der Waals surface area contributed by atoms with E-state index in [9.17, 15) is 0 Å². The van der Waals surface area contributed by atoms with Gasteiger partial charge in [-0.15, -0.1) is 11.3 Å². The normalized spacial score (nSPS) is 13.1. The summed E-state index contributed by atoms with van der Waals surface area (Å²) >= 11 is 1.60. The van der Waals surface area contributed by atoms with E-state index in [2.05, 4.69) is 38.8 Å². The van der Waals surface area contributed by atoms with Crippen LogP contribution in [0.3, 0.4) is 0 Å². The Hall–Kier alpha value is -0.233. The average molecular weight is 273 g/mol. The van der Waals surface area contributed by atoms with Crippen LogP contribution in [0.1, 0.15) is 31.5 Å². The van der Waals surface area contributed by atoms with Crippen molar-refractivity contribution in [1.29, 1.82) is 0 Å². The van der Waals surface area contributed by atoms with Gasteiger partial charge in [0.1, 0.15) is 0 Å². The molecular formula is C12H23NO2SSi. The molecule has 0 bridgehead atoms. The topological polar surface area (TPSA) is 42.4 Å². The first-order chi connectivity index (χ1) is 7.76. The second-order valence-electron chi connectivity index (χ2n) is 5.75. The molecule has 0 radical (unpaired) electrons. The Kier molecular flexibility index (Phi) is 4.89. The van der Waals surface area contributed by atoms with Gasteiger partial charge >= 0.3 is 0 Å². The summed E-state index contributed by atoms with van der Waals surface area (Å²) in [5.74, 6) is 0. The predicted molar refractivity (Wildman–Crippen MR) is 74.9 cm³/mol. The molecule has 1 rings (SSSR count). The van der Waals surface area contributed by atoms with Crippen molar-refractivity contribution in [1.82, 2.24) is 4.98 Å². The van der Waals surface area contributed by atoms with E-state index >= 15 is 0 Å². The van der Waals surface area contributed by atoms with Gasteiger partial charge in [0.2, 0.25) is 0 Å². The molecule has 5 heteroatoms. The first-order valence-electron chi connectivity index (χ1n) is 5.94. The van der Waals surface area contributed by atoms with Gasteiger partial charge in [0.15, 0.2) is 8.32 Å². The summed E-state index contributed by atoms with van der Waals surface area (Å²) < 4.78 is 6.08. The number of rotatable bonds is 5. The van der Waals surface area contributed by atoms with Crippen LogP contribution in [0.15, 0.2) is 5.38 Å². The fourth-order valence-electron chi connectivity index (χ4n) is 1.15. The van der Waals surface area contributed by atoms with Crippen molar-refractivity contribution in [3.05, 3.63) is 16.1 Å². The highest BCUT2D eigenvalue weighted by atomic mass is 32.1. The second-order valence-corrected chi connectivity index (χ2v) is 11.5. The third-order valence-corrected chi connectivity index (χ3v) is 8.84. The zero-order valence-corrected chi connectivity index (χ0v) is 13.2. The summed E-state index contributed by atoms with van der Waals surface area (Å²) in [5.41, 5.74) is 0.761. The highest BCUT2D eigenvalue weighted by Crippen LogP contribution is 2.36. The Morgan fingerprint density at radius 3 is 2.53 bits per heavy atom. The Labute approximate surface area is 109 Å². The Bertz CT molecular complexity index is 358. The molecule has 0 unspecified atom stereocenters. The van der Waals surface area contributed by atoms with Gasteiger partial charge in [0.05, 0.1) is 17.3 Å². The van der Waals surface area contributed by atoms with Crippen molar-refractivity contribution in [3.63, 3.8) is 0 Å². The molecule has 1 heterocycles. The molecule has 0 aromatic carbocycles. The van der Waals surface area contributed by atoms with Gasteiger partial charge in [-0.1, -0.05) is 20.8 Å². The molecule has 0 spiro atoms. The van der Waals surface area contributed by atoms with Crippen molar-refractivity contribution < 1.29 is 9.53 Å². The minimum atomic E-state index is -1.63. The maximum atomic E-state index is 8.93. The molecule has 0 atom stereocenters. The van der Waals surface area contributed by atoms with Crippen LogP contribution in [0.25, 0.3) is 0 Å². The predicted octanol–water partition coefficient (Wildman–Crippen LogP) is 3.20. The van der Waals surface area contributed by atoms with Crippen LogP contribution >= 0.6 is 11.3 Å². The van der Waals surface area contributed by atoms with E-state index in [1.807, 2.05) is 5.38 Å². The van der Waals surface area contributed by atoms with E-state index in [0.717, 1.165) is 23.7 Å². The summed E-state index contributed by atoms with van der Waals surface area (Å²) in [6.07, 6.45) is 0.844. The fraction of sp³-hybridized carbons (Fsp3) is 0.750. The van der Waals surface area contributed by atoms with Crippen LogP contribution < -0.4 is 0 Å². The van der Waals surface area contributed by atoms with Gasteiger partial charge < -0.3 is 9.53 Å². The molecule has 0 aliphatic rings. The van der Waals surface area contributed by atoms with E-state index in [-0.39, 0.29) is 11.6 Å². The lowest BCUT2D eigenvalue weighted by Gasteiger charge is -2.36. The standard InChI is InChI=1S/C12H23NO2SSi/c1-12(2,3)17(4,5)15-7-6-11-13-10(8-14)9-16-11/h9,14H,6-8H2,1-5H3. The Morgan fingerprint density at radius 1 is 1.41 bits per heavy atom. The van der Waals surface area contributed by atoms with Crippen LogP contribution in [0, 0.1) is 0 Å². The van der Waals surface area contributed by atoms with E-state index < -0.39 is 8.32 Å². The van der Waals surface area contributed by atoms with Crippen LogP contribution in [-0.4, -0.2) is 25.0 Å². The van der Waals surface area contributed by atoms with Crippen molar-refractivity contribution in [3.8, 4) is 0 Å². The van der Waals surface area contributed by atoms with Gasteiger partial charge in [0.25, 0.3) is 0 Å². The molecule has 98 valence electrons. The number of hydrogen-bond acceptors (Lipinski definition) is 4. The molecule has 0 saturated carbocycles. The minimum absolute atomic E-state index is 0.0274. The highest BCUT2D eigenvalue weighted by Gasteiger charge is 2.36. The van der Waals surface area contributed by atoms with E-state index in [4.69, 9.17) is 9.53 Å². The van der Waals surface area contributed by atoms with E-state index in [1.54, 1.807) is 11.3 Å². The van der Waals surface area contributed by atoms with Gasteiger partial charge in [-0.2, -0.15) is 0 Å². The van der Waals surface area contributed by atoms with Crippen LogP contribution in [0.5, 0.6) is 0 Å². The molecule has 3 nitrogen and oxygen atoms in total. The molecule has 0 fully saturated rings. The highest BCUT2D eigenvalue weighted by molar-refractivity contribution is 7.09. The third kappa shape index (κ3) is 4.17. The lowest BCUT2D eigenvalue weighted by atomic mass is 10.2. The maximum Gasteiger partial charge on any atom is 0.191 e. The molecule has 1 aromatic rings. The summed E-state index contributed by atoms with van der Waals surface area (Å²) in [7, 11) is -1.63. The molecule has 0 amide bonds. The van der Waals surface area contributed by atoms with Crippen LogP contribution in [0.2, 0.25) is 18.1 Å². The number of nitrogens with zero attached hydrogens (tertiary/aromatic N) is 1. The number of aliphatic hydroxyl groups excluding tert-OH is 1. The first kappa shape index (κ1) is 14.8. The molecule has 1 N–H and O–H groups in total. The molecule has 0 saturated heterocycles. The summed E-state index contributed by atoms with van der Waals surface area (Å²) in [5, 5.41) is 12.1. The SMILES string of the molecule is CC(C)(C)[Si](C)(C)OCCc1nc(CO)cs1. The summed E-state index contributed by atoms with van der Waals surface area (Å²) in [6, 6.07) is 0.